The maximum Gasteiger partial charge on any atom is 1.00 e. The Balaban J connectivity index is -0.00000200. The predicted molar refractivity (Wildman–Crippen MR) is 86.5 cm³/mol. The Morgan fingerprint density at radius 2 is 1.50 bits per heavy atom. The molecule has 0 spiro atoms. The van der Waals surface area contributed by atoms with Crippen LogP contribution in [0.25, 0.3) is 0 Å². The topological polar surface area (TPSA) is 86.5 Å². The van der Waals surface area contributed by atoms with E-state index >= 15 is 0 Å². The van der Waals surface area contributed by atoms with E-state index in [0.29, 0.717) is 6.42 Å². The molecule has 2 N–H and O–H groups in total. The van der Waals surface area contributed by atoms with Gasteiger partial charge in [0.2, 0.25) is 0 Å². The van der Waals surface area contributed by atoms with E-state index < -0.39 is 21.3 Å². The zero-order valence-corrected chi connectivity index (χ0v) is 17.3. The van der Waals surface area contributed by atoms with E-state index in [9.17, 15) is 13.2 Å². The molecule has 0 radical (unpaired) electrons. The van der Waals surface area contributed by atoms with Crippen LogP contribution in [-0.2, 0) is 19.1 Å². The van der Waals surface area contributed by atoms with E-state index in [1.54, 1.807) is 0 Å². The van der Waals surface area contributed by atoms with Gasteiger partial charge in [-0.15, -0.1) is 0 Å². The Kier molecular flexibility index (Phi) is 16.7. The van der Waals surface area contributed by atoms with Gasteiger partial charge in [-0.2, -0.15) is 8.42 Å². The zero-order valence-electron chi connectivity index (χ0n) is 15.5. The number of unbranched alkanes of at least 4 members (excludes halogenated alkanes) is 8. The number of rotatable bonds is 13. The fourth-order valence-corrected chi connectivity index (χ4v) is 2.69. The van der Waals surface area contributed by atoms with Crippen molar-refractivity contribution in [2.45, 2.75) is 83.3 Å². The first-order chi connectivity index (χ1) is 9.94. The van der Waals surface area contributed by atoms with Gasteiger partial charge in [-0.1, -0.05) is 58.3 Å². The molecule has 0 aliphatic heterocycles. The molecule has 0 rings (SSSR count). The first-order valence-corrected chi connectivity index (χ1v) is 9.57. The van der Waals surface area contributed by atoms with Gasteiger partial charge in [0.15, 0.2) is 0 Å². The molecule has 5 nitrogen and oxygen atoms in total. The number of carbonyl (C=O) groups is 1. The Bertz CT molecular complexity index is 380. The predicted octanol–water partition coefficient (Wildman–Crippen LogP) is 0.244. The maximum absolute atomic E-state index is 11.5. The number of hydrogen-bond acceptors (Lipinski definition) is 5. The van der Waals surface area contributed by atoms with Crippen LogP contribution in [-0.4, -0.2) is 26.2 Å². The molecule has 0 saturated carbocycles. The summed E-state index contributed by atoms with van der Waals surface area (Å²) in [7, 11) is -3.84. The van der Waals surface area contributed by atoms with Crippen molar-refractivity contribution in [1.29, 1.82) is 0 Å². The van der Waals surface area contributed by atoms with Crippen molar-refractivity contribution in [3.05, 3.63) is 0 Å². The molecule has 0 bridgehead atoms. The number of carbonyl (C=O) groups excluding carboxylic acids is 1. The molecule has 0 saturated heterocycles. The minimum Gasteiger partial charge on any atom is -1.00 e. The van der Waals surface area contributed by atoms with Gasteiger partial charge in [0, 0.05) is 13.0 Å². The smallest absolute Gasteiger partial charge is 1.00 e. The molecule has 0 heterocycles. The van der Waals surface area contributed by atoms with Crippen LogP contribution in [0.5, 0.6) is 0 Å². The first kappa shape index (κ1) is 24.6. The van der Waals surface area contributed by atoms with Gasteiger partial charge >= 0.3 is 45.6 Å². The van der Waals surface area contributed by atoms with Crippen LogP contribution < -0.4 is 35.3 Å². The molecule has 0 aliphatic rings. The second-order valence-electron chi connectivity index (χ2n) is 5.57. The summed E-state index contributed by atoms with van der Waals surface area (Å²) in [4.78, 5) is 11.4. The second kappa shape index (κ2) is 14.9. The minimum atomic E-state index is -3.84. The Labute approximate surface area is 159 Å². The third-order valence-electron chi connectivity index (χ3n) is 3.52. The monoisotopic (exact) mass is 345 g/mol. The van der Waals surface area contributed by atoms with Crippen LogP contribution in [0.1, 0.15) is 79.5 Å². The van der Waals surface area contributed by atoms with Crippen molar-refractivity contribution in [1.82, 2.24) is 0 Å². The molecule has 0 aromatic heterocycles. The van der Waals surface area contributed by atoms with Crippen LogP contribution in [0.4, 0.5) is 0 Å². The van der Waals surface area contributed by atoms with Crippen molar-refractivity contribution in [3.63, 3.8) is 0 Å². The molecule has 1 unspecified atom stereocenters. The van der Waals surface area contributed by atoms with Crippen molar-refractivity contribution in [3.8, 4) is 0 Å². The van der Waals surface area contributed by atoms with Gasteiger partial charge in [0.05, 0.1) is 0 Å². The number of nitrogens with two attached hydrogens (primary N) is 1. The molecule has 0 amide bonds. The van der Waals surface area contributed by atoms with Gasteiger partial charge in [-0.3, -0.25) is 4.79 Å². The Morgan fingerprint density at radius 3 is 1.95 bits per heavy atom. The average molecular weight is 345 g/mol. The quantitative estimate of drug-likeness (QED) is 0.294. The van der Waals surface area contributed by atoms with Crippen molar-refractivity contribution >= 4 is 16.1 Å². The summed E-state index contributed by atoms with van der Waals surface area (Å²) >= 11 is 0. The van der Waals surface area contributed by atoms with Crippen LogP contribution in [0.2, 0.25) is 0 Å². The van der Waals surface area contributed by atoms with Crippen molar-refractivity contribution in [2.24, 2.45) is 5.73 Å². The molecule has 0 aliphatic carbocycles. The molecule has 7 heteroatoms. The minimum absolute atomic E-state index is 0. The SMILES string of the molecule is CCCCCCCCCCCC(=O)OS(=O)(=O)C(C)CN.[H-].[Na+]. The van der Waals surface area contributed by atoms with Crippen LogP contribution in [0, 0.1) is 0 Å². The van der Waals surface area contributed by atoms with E-state index in [1.165, 1.54) is 45.4 Å². The van der Waals surface area contributed by atoms with Gasteiger partial charge in [0.25, 0.3) is 0 Å². The summed E-state index contributed by atoms with van der Waals surface area (Å²) in [6, 6.07) is 0. The van der Waals surface area contributed by atoms with E-state index in [0.717, 1.165) is 12.8 Å². The third-order valence-corrected chi connectivity index (χ3v) is 5.11. The molecular weight excluding hydrogens is 313 g/mol. The van der Waals surface area contributed by atoms with Crippen LogP contribution in [0.15, 0.2) is 0 Å². The summed E-state index contributed by atoms with van der Waals surface area (Å²) < 4.78 is 27.5. The molecule has 128 valence electrons. The van der Waals surface area contributed by atoms with Crippen LogP contribution in [0.3, 0.4) is 0 Å². The van der Waals surface area contributed by atoms with Gasteiger partial charge in [0.1, 0.15) is 5.25 Å². The van der Waals surface area contributed by atoms with Gasteiger partial charge in [-0.05, 0) is 13.3 Å². The van der Waals surface area contributed by atoms with Crippen LogP contribution >= 0.6 is 0 Å². The van der Waals surface area contributed by atoms with Gasteiger partial charge in [-0.25, -0.2) is 0 Å². The molecule has 0 fully saturated rings. The van der Waals surface area contributed by atoms with Gasteiger partial charge < -0.3 is 11.3 Å². The molecule has 0 aromatic rings. The normalized spacial score (nSPS) is 12.5. The maximum atomic E-state index is 11.5. The molecule has 22 heavy (non-hydrogen) atoms. The standard InChI is InChI=1S/C15H31NO4S.Na.H/c1-3-4-5-6-7-8-9-10-11-12-15(17)20-21(18,19)14(2)13-16;;/h14H,3-13,16H2,1-2H3;;/q;+1;-1. The fourth-order valence-electron chi connectivity index (χ4n) is 1.95. The number of hydrogen-bond donors (Lipinski definition) is 1. The summed E-state index contributed by atoms with van der Waals surface area (Å²) in [6.45, 7) is 3.59. The molecule has 1 atom stereocenters. The Hall–Kier alpha value is 0.380. The molecular formula is C15H32NNaO4S. The van der Waals surface area contributed by atoms with E-state index in [2.05, 4.69) is 11.1 Å². The first-order valence-electron chi connectivity index (χ1n) is 8.10. The van der Waals surface area contributed by atoms with Crippen molar-refractivity contribution in [2.75, 3.05) is 6.54 Å². The molecule has 0 aromatic carbocycles. The van der Waals surface area contributed by atoms with E-state index in [-0.39, 0.29) is 43.9 Å². The fraction of sp³-hybridized carbons (Fsp3) is 0.933. The second-order valence-corrected chi connectivity index (χ2v) is 7.53. The van der Waals surface area contributed by atoms with E-state index in [4.69, 9.17) is 5.73 Å². The van der Waals surface area contributed by atoms with Crippen molar-refractivity contribution < 1.29 is 48.4 Å². The average Bonchev–Trinajstić information content (AvgIpc) is 2.44. The summed E-state index contributed by atoms with van der Waals surface area (Å²) in [5, 5.41) is -0.843. The summed E-state index contributed by atoms with van der Waals surface area (Å²) in [5.41, 5.74) is 5.26. The van der Waals surface area contributed by atoms with E-state index in [1.807, 2.05) is 0 Å². The largest absolute Gasteiger partial charge is 1.00 e. The summed E-state index contributed by atoms with van der Waals surface area (Å²) in [5.74, 6) is -0.668. The Morgan fingerprint density at radius 1 is 1.05 bits per heavy atom. The zero-order chi connectivity index (χ0) is 16.1. The third kappa shape index (κ3) is 12.9. The summed E-state index contributed by atoms with van der Waals surface area (Å²) in [6.07, 6.45) is 10.4.